The molecule has 1 heterocycles. The molecule has 0 aromatic heterocycles. The lowest BCUT2D eigenvalue weighted by Crippen LogP contribution is -2.52. The number of rotatable bonds is 7. The second kappa shape index (κ2) is 11.9. The number of fused-ring (bicyclic) bond motifs is 1. The molecule has 3 rings (SSSR count). The topological polar surface area (TPSA) is 180 Å². The van der Waals surface area contributed by atoms with Crippen LogP contribution >= 0.6 is 0 Å². The van der Waals surface area contributed by atoms with Gasteiger partial charge in [0.05, 0.1) is 21.1 Å². The summed E-state index contributed by atoms with van der Waals surface area (Å²) in [4.78, 5) is 33.4. The maximum atomic E-state index is 12.2. The molecule has 2 aromatic rings. The summed E-state index contributed by atoms with van der Waals surface area (Å²) >= 11 is 0. The van der Waals surface area contributed by atoms with Crippen LogP contribution in [0, 0.1) is 45.5 Å². The van der Waals surface area contributed by atoms with Crippen molar-refractivity contribution in [2.75, 3.05) is 9.62 Å². The maximum absolute atomic E-state index is 12.2. The molecule has 13 nitrogen and oxygen atoms in total. The van der Waals surface area contributed by atoms with Gasteiger partial charge in [0.2, 0.25) is 6.19 Å². The Morgan fingerprint density at radius 3 is 2.13 bits per heavy atom. The molecule has 1 aliphatic heterocycles. The molecule has 0 spiro atoms. The first-order chi connectivity index (χ1) is 17.7. The molecule has 204 valence electrons. The van der Waals surface area contributed by atoms with Gasteiger partial charge < -0.3 is 5.32 Å². The summed E-state index contributed by atoms with van der Waals surface area (Å²) in [5.41, 5.74) is 0.865. The average Bonchev–Trinajstić information content (AvgIpc) is 2.84. The molecule has 0 radical (unpaired) electrons. The van der Waals surface area contributed by atoms with Crippen molar-refractivity contribution in [1.82, 2.24) is 4.31 Å². The lowest BCUT2D eigenvalue weighted by atomic mass is 10.0. The minimum absolute atomic E-state index is 0.0109. The summed E-state index contributed by atoms with van der Waals surface area (Å²) in [6, 6.07) is 6.95. The Morgan fingerprint density at radius 2 is 1.66 bits per heavy atom. The SMILES string of the molecule is CC(C)N1C(=O)c2ccccc2N(C#N)S1(=O)=O.CCC(CC)Nc1c([N+](=O)[O-])cc(C)c(C)c1[N+](=O)[O-]. The van der Waals surface area contributed by atoms with Crippen molar-refractivity contribution < 1.29 is 23.1 Å². The number of nitrogens with one attached hydrogen (secondary N) is 1. The zero-order valence-corrected chi connectivity index (χ0v) is 22.8. The first-order valence-electron chi connectivity index (χ1n) is 11.8. The summed E-state index contributed by atoms with van der Waals surface area (Å²) in [7, 11) is -4.12. The van der Waals surface area contributed by atoms with Gasteiger partial charge in [0.15, 0.2) is 5.69 Å². The molecule has 14 heteroatoms. The second-order valence-corrected chi connectivity index (χ2v) is 10.5. The van der Waals surface area contributed by atoms with Crippen molar-refractivity contribution in [1.29, 1.82) is 5.26 Å². The number of nitrogens with zero attached hydrogens (tertiary/aromatic N) is 5. The molecule has 0 unspecified atom stereocenters. The maximum Gasteiger partial charge on any atom is 0.341 e. The van der Waals surface area contributed by atoms with Crippen molar-refractivity contribution in [2.24, 2.45) is 0 Å². The van der Waals surface area contributed by atoms with Crippen LogP contribution in [0.15, 0.2) is 30.3 Å². The molecule has 0 fully saturated rings. The van der Waals surface area contributed by atoms with E-state index in [0.29, 0.717) is 15.4 Å². The quantitative estimate of drug-likeness (QED) is 0.290. The zero-order chi connectivity index (χ0) is 28.9. The summed E-state index contributed by atoms with van der Waals surface area (Å²) in [5.74, 6) is -0.605. The van der Waals surface area contributed by atoms with E-state index in [1.807, 2.05) is 13.8 Å². The summed E-state index contributed by atoms with van der Waals surface area (Å²) in [6.07, 6.45) is 3.07. The molecule has 0 atom stereocenters. The van der Waals surface area contributed by atoms with E-state index in [2.05, 4.69) is 5.32 Å². The Morgan fingerprint density at radius 1 is 1.08 bits per heavy atom. The first-order valence-corrected chi connectivity index (χ1v) is 13.2. The van der Waals surface area contributed by atoms with E-state index in [1.165, 1.54) is 18.2 Å². The normalized spacial score (nSPS) is 13.9. The van der Waals surface area contributed by atoms with Gasteiger partial charge in [-0.1, -0.05) is 26.0 Å². The van der Waals surface area contributed by atoms with E-state index in [1.54, 1.807) is 46.0 Å². The Bertz CT molecular complexity index is 1400. The number of carbonyl (C=O) groups excluding carboxylic acids is 1. The minimum atomic E-state index is -4.12. The third kappa shape index (κ3) is 5.67. The van der Waals surface area contributed by atoms with Crippen molar-refractivity contribution >= 4 is 38.9 Å². The number of amides is 1. The highest BCUT2D eigenvalue weighted by Crippen LogP contribution is 2.39. The third-order valence-electron chi connectivity index (χ3n) is 6.10. The van der Waals surface area contributed by atoms with Gasteiger partial charge in [0.1, 0.15) is 0 Å². The Balaban J connectivity index is 0.000000268. The van der Waals surface area contributed by atoms with Crippen LogP contribution in [0.5, 0.6) is 0 Å². The number of hydrogen-bond acceptors (Lipinski definition) is 9. The largest absolute Gasteiger partial charge is 0.371 e. The van der Waals surface area contributed by atoms with Crippen molar-refractivity contribution in [3.63, 3.8) is 0 Å². The molecule has 0 saturated carbocycles. The van der Waals surface area contributed by atoms with Crippen LogP contribution in [0.25, 0.3) is 0 Å². The number of nitro groups is 2. The molecular formula is C24H30N6O7S. The van der Waals surface area contributed by atoms with Crippen LogP contribution in [0.2, 0.25) is 0 Å². The number of carbonyl (C=O) groups is 1. The molecule has 1 amide bonds. The number of nitro benzene ring substituents is 2. The Hall–Kier alpha value is -4.25. The number of anilines is 2. The van der Waals surface area contributed by atoms with Gasteiger partial charge in [-0.15, -0.1) is 0 Å². The fraction of sp³-hybridized carbons (Fsp3) is 0.417. The molecule has 0 aliphatic carbocycles. The van der Waals surface area contributed by atoms with E-state index in [0.717, 1.165) is 17.1 Å². The molecule has 0 bridgehead atoms. The molecule has 2 aromatic carbocycles. The molecular weight excluding hydrogens is 516 g/mol. The minimum Gasteiger partial charge on any atom is -0.371 e. The van der Waals surface area contributed by atoms with Crippen LogP contribution < -0.4 is 9.62 Å². The third-order valence-corrected chi connectivity index (χ3v) is 7.92. The van der Waals surface area contributed by atoms with Crippen LogP contribution in [-0.4, -0.2) is 40.6 Å². The van der Waals surface area contributed by atoms with E-state index in [9.17, 15) is 33.4 Å². The first kappa shape index (κ1) is 30.0. The monoisotopic (exact) mass is 546 g/mol. The highest BCUT2D eigenvalue weighted by atomic mass is 32.2. The van der Waals surface area contributed by atoms with Gasteiger partial charge in [0, 0.05) is 23.7 Å². The molecule has 1 aliphatic rings. The van der Waals surface area contributed by atoms with Crippen molar-refractivity contribution in [3.8, 4) is 6.19 Å². The highest BCUT2D eigenvalue weighted by Gasteiger charge is 2.43. The van der Waals surface area contributed by atoms with Gasteiger partial charge in [-0.05, 0) is 58.2 Å². The summed E-state index contributed by atoms with van der Waals surface area (Å²) < 4.78 is 25.6. The van der Waals surface area contributed by atoms with E-state index in [-0.39, 0.29) is 34.4 Å². The molecule has 0 saturated heterocycles. The van der Waals surface area contributed by atoms with E-state index in [4.69, 9.17) is 5.26 Å². The van der Waals surface area contributed by atoms with Gasteiger partial charge in [-0.25, -0.2) is 4.31 Å². The fourth-order valence-corrected chi connectivity index (χ4v) is 5.49. The second-order valence-electron chi connectivity index (χ2n) is 8.82. The average molecular weight is 547 g/mol. The predicted molar refractivity (Wildman–Crippen MR) is 142 cm³/mol. The lowest BCUT2D eigenvalue weighted by molar-refractivity contribution is -0.392. The van der Waals surface area contributed by atoms with Gasteiger partial charge in [-0.3, -0.25) is 25.0 Å². The number of benzene rings is 2. The number of aryl methyl sites for hydroxylation is 1. The van der Waals surface area contributed by atoms with Gasteiger partial charge in [0.25, 0.3) is 11.6 Å². The standard InChI is InChI=1S/C13H19N3O4.C11H11N3O3S/c1-5-10(6-2)14-12-11(15(17)18)7-8(3)9(4)13(12)16(19)20;1-8(2)14-11(15)9-5-3-4-6-10(9)13(7-12)18(14,16)17/h7,10,14H,5-6H2,1-4H3;3-6,8H,1-2H3. The molecule has 38 heavy (non-hydrogen) atoms. The summed E-state index contributed by atoms with van der Waals surface area (Å²) in [6.45, 7) is 10.3. The Labute approximate surface area is 221 Å². The Kier molecular flexibility index (Phi) is 9.36. The number of nitriles is 1. The highest BCUT2D eigenvalue weighted by molar-refractivity contribution is 7.91. The van der Waals surface area contributed by atoms with Crippen molar-refractivity contribution in [2.45, 2.75) is 66.5 Å². The van der Waals surface area contributed by atoms with Crippen LogP contribution in [0.3, 0.4) is 0 Å². The van der Waals surface area contributed by atoms with Gasteiger partial charge in [-0.2, -0.15) is 18.0 Å². The lowest BCUT2D eigenvalue weighted by Gasteiger charge is -2.34. The van der Waals surface area contributed by atoms with Crippen LogP contribution in [0.4, 0.5) is 22.7 Å². The predicted octanol–water partition coefficient (Wildman–Crippen LogP) is 4.80. The van der Waals surface area contributed by atoms with Crippen LogP contribution in [0.1, 0.15) is 62.0 Å². The zero-order valence-electron chi connectivity index (χ0n) is 22.0. The number of hydrogen-bond donors (Lipinski definition) is 1. The molecule has 1 N–H and O–H groups in total. The van der Waals surface area contributed by atoms with Crippen LogP contribution in [-0.2, 0) is 10.2 Å². The fourth-order valence-electron chi connectivity index (χ4n) is 3.97. The summed E-state index contributed by atoms with van der Waals surface area (Å²) in [5, 5.41) is 34.4. The van der Waals surface area contributed by atoms with Crippen molar-refractivity contribution in [3.05, 3.63) is 67.3 Å². The smallest absolute Gasteiger partial charge is 0.341 e. The van der Waals surface area contributed by atoms with E-state index >= 15 is 0 Å². The van der Waals surface area contributed by atoms with Gasteiger partial charge >= 0.3 is 15.9 Å². The number of para-hydroxylation sites is 1. The van der Waals surface area contributed by atoms with E-state index < -0.39 is 32.0 Å².